The van der Waals surface area contributed by atoms with Crippen LogP contribution >= 0.6 is 0 Å². The molecule has 1 atom stereocenters. The molecule has 0 aromatic rings. The molecule has 1 N–H and O–H groups in total. The number of carboxylic acids is 1. The van der Waals surface area contributed by atoms with Crippen LogP contribution in [0.3, 0.4) is 0 Å². The third kappa shape index (κ3) is 1.84. The fourth-order valence-electron chi connectivity index (χ4n) is 2.41. The van der Waals surface area contributed by atoms with Crippen LogP contribution in [0.2, 0.25) is 0 Å². The lowest BCUT2D eigenvalue weighted by molar-refractivity contribution is -0.146. The largest absolute Gasteiger partial charge is 0.480 e. The van der Waals surface area contributed by atoms with Crippen LogP contribution in [0.1, 0.15) is 19.8 Å². The molecule has 5 heteroatoms. The third-order valence-electron chi connectivity index (χ3n) is 3.36. The van der Waals surface area contributed by atoms with Crippen molar-refractivity contribution < 1.29 is 14.7 Å². The standard InChI is InChI=1S/C10H16N2O3/c1-7(13)11-5-8(6-11)12-4-2-3-9(12)10(14)15/h8-9H,2-6H2,1H3,(H,14,15)/t9-/m1/s1. The summed E-state index contributed by atoms with van der Waals surface area (Å²) in [5, 5.41) is 9.01. The molecular formula is C10H16N2O3. The van der Waals surface area contributed by atoms with Crippen LogP contribution in [0.5, 0.6) is 0 Å². The van der Waals surface area contributed by atoms with Crippen molar-refractivity contribution in [1.82, 2.24) is 9.80 Å². The number of aliphatic carboxylic acids is 1. The van der Waals surface area contributed by atoms with Crippen LogP contribution in [0.25, 0.3) is 0 Å². The summed E-state index contributed by atoms with van der Waals surface area (Å²) in [6.45, 7) is 3.79. The maximum absolute atomic E-state index is 11.0. The number of hydrogen-bond donors (Lipinski definition) is 1. The summed E-state index contributed by atoms with van der Waals surface area (Å²) in [5.74, 6) is -0.647. The molecule has 0 saturated carbocycles. The molecule has 0 spiro atoms. The number of hydrogen-bond acceptors (Lipinski definition) is 3. The Morgan fingerprint density at radius 3 is 2.53 bits per heavy atom. The Labute approximate surface area is 88.6 Å². The van der Waals surface area contributed by atoms with Crippen LogP contribution in [-0.2, 0) is 9.59 Å². The molecule has 0 radical (unpaired) electrons. The van der Waals surface area contributed by atoms with Crippen molar-refractivity contribution in [2.75, 3.05) is 19.6 Å². The zero-order chi connectivity index (χ0) is 11.0. The van der Waals surface area contributed by atoms with Gasteiger partial charge in [0.05, 0.1) is 0 Å². The molecule has 2 saturated heterocycles. The van der Waals surface area contributed by atoms with Crippen molar-refractivity contribution in [1.29, 1.82) is 0 Å². The summed E-state index contributed by atoms with van der Waals surface area (Å²) in [5.41, 5.74) is 0. The number of carboxylic acid groups (broad SMARTS) is 1. The maximum atomic E-state index is 11.0. The van der Waals surface area contributed by atoms with E-state index in [1.807, 2.05) is 4.90 Å². The predicted molar refractivity (Wildman–Crippen MR) is 53.4 cm³/mol. The molecular weight excluding hydrogens is 196 g/mol. The first-order valence-electron chi connectivity index (χ1n) is 5.33. The van der Waals surface area contributed by atoms with Crippen LogP contribution < -0.4 is 0 Å². The number of nitrogens with zero attached hydrogens (tertiary/aromatic N) is 2. The van der Waals surface area contributed by atoms with Gasteiger partial charge in [-0.15, -0.1) is 0 Å². The number of rotatable bonds is 2. The second-order valence-electron chi connectivity index (χ2n) is 4.31. The molecule has 2 fully saturated rings. The first-order valence-corrected chi connectivity index (χ1v) is 5.33. The third-order valence-corrected chi connectivity index (χ3v) is 3.36. The van der Waals surface area contributed by atoms with Crippen LogP contribution in [0.4, 0.5) is 0 Å². The SMILES string of the molecule is CC(=O)N1CC(N2CCC[C@@H]2C(=O)O)C1. The molecule has 0 aliphatic carbocycles. The van der Waals surface area contributed by atoms with Crippen molar-refractivity contribution in [2.45, 2.75) is 31.8 Å². The van der Waals surface area contributed by atoms with E-state index in [1.54, 1.807) is 11.8 Å². The van der Waals surface area contributed by atoms with Gasteiger partial charge in [-0.05, 0) is 19.4 Å². The van der Waals surface area contributed by atoms with Crippen molar-refractivity contribution in [2.24, 2.45) is 0 Å². The molecule has 5 nitrogen and oxygen atoms in total. The summed E-state index contributed by atoms with van der Waals surface area (Å²) in [7, 11) is 0. The average molecular weight is 212 g/mol. The van der Waals surface area contributed by atoms with Crippen molar-refractivity contribution in [3.05, 3.63) is 0 Å². The Bertz CT molecular complexity index is 286. The number of carbonyl (C=O) groups is 2. The van der Waals surface area contributed by atoms with Crippen molar-refractivity contribution in [3.8, 4) is 0 Å². The van der Waals surface area contributed by atoms with Crippen LogP contribution in [0, 0.1) is 0 Å². The summed E-state index contributed by atoms with van der Waals surface area (Å²) in [6, 6.07) is -0.0680. The quantitative estimate of drug-likeness (QED) is 0.686. The minimum absolute atomic E-state index is 0.0809. The number of amides is 1. The van der Waals surface area contributed by atoms with Crippen molar-refractivity contribution >= 4 is 11.9 Å². The number of carbonyl (C=O) groups excluding carboxylic acids is 1. The molecule has 1 amide bonds. The topological polar surface area (TPSA) is 60.9 Å². The second kappa shape index (κ2) is 3.81. The Morgan fingerprint density at radius 1 is 1.33 bits per heavy atom. The van der Waals surface area contributed by atoms with Gasteiger partial charge >= 0.3 is 5.97 Å². The fraction of sp³-hybridized carbons (Fsp3) is 0.800. The van der Waals surface area contributed by atoms with Gasteiger partial charge in [-0.3, -0.25) is 14.5 Å². The Morgan fingerprint density at radius 2 is 2.00 bits per heavy atom. The lowest BCUT2D eigenvalue weighted by Gasteiger charge is -2.44. The van der Waals surface area contributed by atoms with Gasteiger partial charge in [-0.2, -0.15) is 0 Å². The Balaban J connectivity index is 1.90. The molecule has 2 heterocycles. The fourth-order valence-corrected chi connectivity index (χ4v) is 2.41. The lowest BCUT2D eigenvalue weighted by atomic mass is 10.1. The molecule has 84 valence electrons. The number of likely N-dealkylation sites (tertiary alicyclic amines) is 2. The first-order chi connectivity index (χ1) is 7.09. The first kappa shape index (κ1) is 10.4. The molecule has 0 aromatic carbocycles. The van der Waals surface area contributed by atoms with E-state index >= 15 is 0 Å². The van der Waals surface area contributed by atoms with E-state index in [4.69, 9.17) is 5.11 Å². The Kier molecular flexibility index (Phi) is 2.65. The smallest absolute Gasteiger partial charge is 0.320 e. The van der Waals surface area contributed by atoms with E-state index in [9.17, 15) is 9.59 Å². The maximum Gasteiger partial charge on any atom is 0.320 e. The average Bonchev–Trinajstić information content (AvgIpc) is 2.48. The van der Waals surface area contributed by atoms with Gasteiger partial charge in [0, 0.05) is 26.1 Å². The summed E-state index contributed by atoms with van der Waals surface area (Å²) >= 11 is 0. The van der Waals surface area contributed by atoms with Gasteiger partial charge in [-0.1, -0.05) is 0 Å². The zero-order valence-corrected chi connectivity index (χ0v) is 8.85. The van der Waals surface area contributed by atoms with E-state index in [2.05, 4.69) is 0 Å². The van der Waals surface area contributed by atoms with Gasteiger partial charge in [0.15, 0.2) is 0 Å². The zero-order valence-electron chi connectivity index (χ0n) is 8.85. The Hall–Kier alpha value is -1.10. The van der Waals surface area contributed by atoms with E-state index < -0.39 is 5.97 Å². The van der Waals surface area contributed by atoms with Crippen LogP contribution in [0.15, 0.2) is 0 Å². The highest BCUT2D eigenvalue weighted by molar-refractivity contribution is 5.75. The van der Waals surface area contributed by atoms with Gasteiger partial charge in [0.2, 0.25) is 5.91 Å². The second-order valence-corrected chi connectivity index (χ2v) is 4.31. The minimum Gasteiger partial charge on any atom is -0.480 e. The summed E-state index contributed by atoms with van der Waals surface area (Å²) < 4.78 is 0. The van der Waals surface area contributed by atoms with Crippen LogP contribution in [-0.4, -0.2) is 58.5 Å². The van der Waals surface area contributed by atoms with Gasteiger partial charge in [-0.25, -0.2) is 0 Å². The highest BCUT2D eigenvalue weighted by Gasteiger charge is 2.41. The molecule has 2 rings (SSSR count). The molecule has 2 aliphatic rings. The highest BCUT2D eigenvalue weighted by Crippen LogP contribution is 2.25. The monoisotopic (exact) mass is 212 g/mol. The van der Waals surface area contributed by atoms with Gasteiger partial charge < -0.3 is 10.0 Å². The highest BCUT2D eigenvalue weighted by atomic mass is 16.4. The molecule has 0 bridgehead atoms. The summed E-state index contributed by atoms with van der Waals surface area (Å²) in [6.07, 6.45) is 1.69. The lowest BCUT2D eigenvalue weighted by Crippen LogP contribution is -2.62. The van der Waals surface area contributed by atoms with Gasteiger partial charge in [0.25, 0.3) is 0 Å². The van der Waals surface area contributed by atoms with Crippen molar-refractivity contribution in [3.63, 3.8) is 0 Å². The molecule has 0 aromatic heterocycles. The summed E-state index contributed by atoms with van der Waals surface area (Å²) in [4.78, 5) is 25.7. The minimum atomic E-state index is -0.728. The van der Waals surface area contributed by atoms with Gasteiger partial charge in [0.1, 0.15) is 6.04 Å². The van der Waals surface area contributed by atoms with E-state index in [-0.39, 0.29) is 18.0 Å². The normalized spacial score (nSPS) is 27.8. The molecule has 0 unspecified atom stereocenters. The molecule has 15 heavy (non-hydrogen) atoms. The van der Waals surface area contributed by atoms with E-state index in [1.165, 1.54) is 0 Å². The van der Waals surface area contributed by atoms with E-state index in [0.717, 1.165) is 19.4 Å². The van der Waals surface area contributed by atoms with E-state index in [0.29, 0.717) is 13.1 Å². The molecule has 2 aliphatic heterocycles. The predicted octanol–water partition coefficient (Wildman–Crippen LogP) is -0.234.